The molecule has 2 aliphatic rings. The lowest BCUT2D eigenvalue weighted by molar-refractivity contribution is 0.110. The van der Waals surface area contributed by atoms with Crippen molar-refractivity contribution < 1.29 is 22.0 Å². The van der Waals surface area contributed by atoms with E-state index in [1.807, 2.05) is 4.90 Å². The van der Waals surface area contributed by atoms with E-state index in [1.165, 1.54) is 16.8 Å². The maximum absolute atomic E-state index is 14.4. The Morgan fingerprint density at radius 2 is 1.97 bits per heavy atom. The van der Waals surface area contributed by atoms with E-state index in [0.717, 1.165) is 18.6 Å². The second kappa shape index (κ2) is 7.54. The van der Waals surface area contributed by atoms with Crippen LogP contribution in [0.15, 0.2) is 30.5 Å². The molecule has 2 unspecified atom stereocenters. The molecule has 1 aliphatic heterocycles. The molecule has 3 heterocycles. The van der Waals surface area contributed by atoms with Crippen molar-refractivity contribution in [2.45, 2.75) is 37.3 Å². The number of benzene rings is 1. The molecule has 3 aromatic rings. The van der Waals surface area contributed by atoms with E-state index < -0.39 is 35.6 Å². The van der Waals surface area contributed by atoms with Gasteiger partial charge in [-0.3, -0.25) is 0 Å². The predicted octanol–water partition coefficient (Wildman–Crippen LogP) is 4.18. The van der Waals surface area contributed by atoms with Crippen LogP contribution < -0.4 is 15.5 Å². The first-order valence-electron chi connectivity index (χ1n) is 9.95. The molecule has 12 heteroatoms. The van der Waals surface area contributed by atoms with Gasteiger partial charge in [0.25, 0.3) is 11.9 Å². The molecule has 1 saturated carbocycles. The Morgan fingerprint density at radius 1 is 1.19 bits per heavy atom. The second-order valence-corrected chi connectivity index (χ2v) is 8.26. The van der Waals surface area contributed by atoms with Gasteiger partial charge in [-0.1, -0.05) is 0 Å². The van der Waals surface area contributed by atoms with Crippen molar-refractivity contribution in [3.8, 4) is 0 Å². The largest absolute Gasteiger partial charge is 0.353 e. The van der Waals surface area contributed by atoms with Crippen molar-refractivity contribution in [1.29, 1.82) is 0 Å². The molecule has 1 aliphatic carbocycles. The number of rotatable bonds is 4. The number of alkyl halides is 2. The summed E-state index contributed by atoms with van der Waals surface area (Å²) in [4.78, 5) is 6.27. The number of hydrogen-bond acceptors (Lipinski definition) is 4. The summed E-state index contributed by atoms with van der Waals surface area (Å²) in [6.07, 6.45) is 2.46. The van der Waals surface area contributed by atoms with E-state index in [9.17, 15) is 22.0 Å². The fraction of sp³-hybridized carbons (Fsp3) is 0.350. The molecular formula is C20H17F5N6S. The van der Waals surface area contributed by atoms with Crippen molar-refractivity contribution in [2.24, 2.45) is 0 Å². The van der Waals surface area contributed by atoms with Crippen LogP contribution in [-0.4, -0.2) is 38.2 Å². The lowest BCUT2D eigenvalue weighted by Gasteiger charge is -2.26. The van der Waals surface area contributed by atoms with Crippen molar-refractivity contribution in [2.75, 3.05) is 16.8 Å². The van der Waals surface area contributed by atoms with Crippen LogP contribution in [0.4, 0.5) is 33.5 Å². The summed E-state index contributed by atoms with van der Waals surface area (Å²) < 4.78 is 70.0. The van der Waals surface area contributed by atoms with Crippen LogP contribution in [0.25, 0.3) is 5.65 Å². The molecule has 2 N–H and O–H groups in total. The predicted molar refractivity (Wildman–Crippen MR) is 111 cm³/mol. The van der Waals surface area contributed by atoms with Crippen molar-refractivity contribution in [1.82, 2.24) is 19.9 Å². The van der Waals surface area contributed by atoms with Crippen LogP contribution in [0.1, 0.15) is 30.9 Å². The fourth-order valence-corrected chi connectivity index (χ4v) is 4.22. The highest BCUT2D eigenvalue weighted by Crippen LogP contribution is 2.41. The first kappa shape index (κ1) is 20.9. The van der Waals surface area contributed by atoms with Gasteiger partial charge in [-0.25, -0.2) is 27.1 Å². The maximum Gasteiger partial charge on any atom is 0.270 e. The second-order valence-electron chi connectivity index (χ2n) is 7.85. The first-order chi connectivity index (χ1) is 15.2. The van der Waals surface area contributed by atoms with Gasteiger partial charge < -0.3 is 15.5 Å². The molecule has 6 nitrogen and oxygen atoms in total. The molecule has 5 rings (SSSR count). The maximum atomic E-state index is 14.4. The van der Waals surface area contributed by atoms with Gasteiger partial charge in [-0.15, -0.1) is 5.10 Å². The van der Waals surface area contributed by atoms with E-state index in [4.69, 9.17) is 12.2 Å². The van der Waals surface area contributed by atoms with Crippen LogP contribution in [0, 0.1) is 17.6 Å². The molecule has 0 radical (unpaired) electrons. The van der Waals surface area contributed by atoms with Crippen LogP contribution in [0.2, 0.25) is 0 Å². The zero-order valence-corrected chi connectivity index (χ0v) is 17.3. The number of nitrogens with one attached hydrogen (secondary N) is 2. The summed E-state index contributed by atoms with van der Waals surface area (Å²) in [5, 5.41) is 8.54. The molecule has 168 valence electrons. The Balaban J connectivity index is 1.44. The van der Waals surface area contributed by atoms with Crippen molar-refractivity contribution >= 4 is 34.5 Å². The number of thiocarbonyl (C=S) groups is 1. The van der Waals surface area contributed by atoms with Gasteiger partial charge >= 0.3 is 0 Å². The summed E-state index contributed by atoms with van der Waals surface area (Å²) >= 11 is 5.02. The van der Waals surface area contributed by atoms with Crippen LogP contribution in [0.3, 0.4) is 0 Å². The van der Waals surface area contributed by atoms with Gasteiger partial charge in [0.15, 0.2) is 10.8 Å². The van der Waals surface area contributed by atoms with Gasteiger partial charge in [0, 0.05) is 24.7 Å². The molecular weight excluding hydrogens is 451 g/mol. The van der Waals surface area contributed by atoms with Crippen molar-refractivity contribution in [3.63, 3.8) is 0 Å². The van der Waals surface area contributed by atoms with Gasteiger partial charge in [-0.2, -0.15) is 4.39 Å². The Kier molecular flexibility index (Phi) is 4.91. The highest BCUT2D eigenvalue weighted by atomic mass is 32.1. The van der Waals surface area contributed by atoms with Gasteiger partial charge in [-0.05, 0) is 49.3 Å². The highest BCUT2D eigenvalue weighted by Gasteiger charge is 2.57. The molecule has 0 amide bonds. The fourth-order valence-electron chi connectivity index (χ4n) is 3.97. The number of hydrogen-bond donors (Lipinski definition) is 2. The lowest BCUT2D eigenvalue weighted by Crippen LogP contribution is -2.33. The minimum atomic E-state index is -2.84. The van der Waals surface area contributed by atoms with Crippen molar-refractivity contribution in [3.05, 3.63) is 53.6 Å². The van der Waals surface area contributed by atoms with E-state index in [0.29, 0.717) is 18.8 Å². The van der Waals surface area contributed by atoms with E-state index >= 15 is 0 Å². The monoisotopic (exact) mass is 468 g/mol. The number of fused-ring (bicyclic) bond motifs is 1. The summed E-state index contributed by atoms with van der Waals surface area (Å²) in [6, 6.07) is 3.38. The lowest BCUT2D eigenvalue weighted by atomic mass is 10.0. The smallest absolute Gasteiger partial charge is 0.270 e. The van der Waals surface area contributed by atoms with E-state index in [2.05, 4.69) is 20.7 Å². The van der Waals surface area contributed by atoms with Gasteiger partial charge in [0.05, 0.1) is 12.1 Å². The molecule has 1 aromatic carbocycles. The Labute approximate surface area is 184 Å². The molecule has 2 fully saturated rings. The minimum Gasteiger partial charge on any atom is -0.353 e. The normalized spacial score (nSPS) is 21.7. The summed E-state index contributed by atoms with van der Waals surface area (Å²) in [5.41, 5.74) is 0.135. The SMILES string of the molecule is Fc1ccc(F)c(C2CCCN2c2ccn3nc(F)c(NC(=S)NC4CC4(F)F)c3n2)c1. The minimum absolute atomic E-state index is 0.0806. The summed E-state index contributed by atoms with van der Waals surface area (Å²) in [5.74, 6) is -4.39. The number of halogens is 5. The standard InChI is InChI=1S/C20H17F5N6S/c21-10-3-4-12(22)11(8-10)13-2-1-6-30(13)15-5-7-31-18(27-15)16(17(23)29-31)28-19(32)26-14-9-20(14,24)25/h3-5,7-8,13-14H,1-2,6,9H2,(H2,26,28,32). The number of nitrogens with zero attached hydrogens (tertiary/aromatic N) is 4. The molecule has 0 bridgehead atoms. The average Bonchev–Trinajstić information content (AvgIpc) is 3.09. The van der Waals surface area contributed by atoms with E-state index in [1.54, 1.807) is 6.07 Å². The molecule has 2 atom stereocenters. The molecule has 1 saturated heterocycles. The third kappa shape index (κ3) is 3.72. The molecule has 32 heavy (non-hydrogen) atoms. The third-order valence-electron chi connectivity index (χ3n) is 5.66. The highest BCUT2D eigenvalue weighted by molar-refractivity contribution is 7.80. The molecule has 2 aromatic heterocycles. The summed E-state index contributed by atoms with van der Waals surface area (Å²) in [7, 11) is 0. The number of anilines is 2. The van der Waals surface area contributed by atoms with Crippen LogP contribution in [-0.2, 0) is 0 Å². The Hall–Kier alpha value is -3.02. The Bertz CT molecular complexity index is 1210. The quantitative estimate of drug-likeness (QED) is 0.443. The van der Waals surface area contributed by atoms with Crippen LogP contribution in [0.5, 0.6) is 0 Å². The summed E-state index contributed by atoms with van der Waals surface area (Å²) in [6.45, 7) is 0.542. The Morgan fingerprint density at radius 3 is 2.72 bits per heavy atom. The molecule has 0 spiro atoms. The number of aromatic nitrogens is 3. The first-order valence-corrected chi connectivity index (χ1v) is 10.4. The third-order valence-corrected chi connectivity index (χ3v) is 5.88. The van der Waals surface area contributed by atoms with E-state index in [-0.39, 0.29) is 28.4 Å². The topological polar surface area (TPSA) is 57.5 Å². The van der Waals surface area contributed by atoms with Gasteiger partial charge in [0.2, 0.25) is 0 Å². The van der Waals surface area contributed by atoms with Gasteiger partial charge in [0.1, 0.15) is 23.1 Å². The zero-order valence-electron chi connectivity index (χ0n) is 16.5. The average molecular weight is 468 g/mol. The van der Waals surface area contributed by atoms with Crippen LogP contribution >= 0.6 is 12.2 Å². The zero-order chi connectivity index (χ0) is 22.6.